The molecular formula is C19H21ClN2O6S. The molecule has 0 aliphatic carbocycles. The molecule has 0 saturated carbocycles. The molecule has 2 rings (SSSR count). The summed E-state index contributed by atoms with van der Waals surface area (Å²) < 4.78 is 36.4. The second kappa shape index (κ2) is 9.62. The van der Waals surface area contributed by atoms with Gasteiger partial charge in [0, 0.05) is 11.1 Å². The molecule has 0 saturated heterocycles. The molecule has 1 atom stereocenters. The number of halogens is 1. The lowest BCUT2D eigenvalue weighted by atomic mass is 10.1. The van der Waals surface area contributed by atoms with Crippen molar-refractivity contribution in [3.8, 4) is 5.75 Å². The Bertz CT molecular complexity index is 1010. The van der Waals surface area contributed by atoms with E-state index in [4.69, 9.17) is 16.3 Å². The number of rotatable bonds is 7. The van der Waals surface area contributed by atoms with Gasteiger partial charge in [-0.25, -0.2) is 17.9 Å². The minimum atomic E-state index is -4.32. The third-order valence-corrected chi connectivity index (χ3v) is 5.72. The van der Waals surface area contributed by atoms with Gasteiger partial charge in [-0.05, 0) is 38.1 Å². The summed E-state index contributed by atoms with van der Waals surface area (Å²) in [6, 6.07) is 10.5. The van der Waals surface area contributed by atoms with Gasteiger partial charge in [-0.15, -0.1) is 0 Å². The first-order chi connectivity index (χ1) is 13.7. The standard InChI is InChI=1S/C19H21ClN2O6S/c1-4-28-19(24)22-29(25,26)17-11-13(9-10-15(17)20)18(23)21-12(2)14-7-5-6-8-16(14)27-3/h5-12H,4H2,1-3H3,(H,21,23)(H,22,24)/t12-/m0/s1. The van der Waals surface area contributed by atoms with Crippen LogP contribution in [0.15, 0.2) is 47.4 Å². The third kappa shape index (κ3) is 5.61. The van der Waals surface area contributed by atoms with Crippen molar-refractivity contribution in [2.75, 3.05) is 13.7 Å². The number of sulfonamides is 1. The monoisotopic (exact) mass is 440 g/mol. The fraction of sp³-hybridized carbons (Fsp3) is 0.263. The first-order valence-corrected chi connectivity index (χ1v) is 10.5. The van der Waals surface area contributed by atoms with E-state index in [2.05, 4.69) is 10.1 Å². The second-order valence-electron chi connectivity index (χ2n) is 5.91. The fourth-order valence-corrected chi connectivity index (χ4v) is 3.98. The summed E-state index contributed by atoms with van der Waals surface area (Å²) in [5.74, 6) is 0.0889. The number of carbonyl (C=O) groups excluding carboxylic acids is 2. The van der Waals surface area contributed by atoms with Crippen molar-refractivity contribution in [3.05, 3.63) is 58.6 Å². The van der Waals surface area contributed by atoms with Crippen molar-refractivity contribution in [1.29, 1.82) is 0 Å². The number of benzene rings is 2. The Hall–Kier alpha value is -2.78. The van der Waals surface area contributed by atoms with E-state index in [9.17, 15) is 18.0 Å². The molecule has 0 spiro atoms. The Balaban J connectivity index is 2.26. The molecule has 0 aliphatic heterocycles. The summed E-state index contributed by atoms with van der Waals surface area (Å²) in [4.78, 5) is 23.7. The third-order valence-electron chi connectivity index (χ3n) is 3.93. The fourth-order valence-electron chi connectivity index (χ4n) is 2.56. The van der Waals surface area contributed by atoms with Crippen molar-refractivity contribution in [2.24, 2.45) is 0 Å². The molecule has 0 aromatic heterocycles. The Morgan fingerprint density at radius 2 is 1.86 bits per heavy atom. The molecule has 0 unspecified atom stereocenters. The lowest BCUT2D eigenvalue weighted by molar-refractivity contribution is 0.0939. The zero-order chi connectivity index (χ0) is 21.6. The second-order valence-corrected chi connectivity index (χ2v) is 7.97. The Morgan fingerprint density at radius 1 is 1.17 bits per heavy atom. The van der Waals surface area contributed by atoms with Crippen molar-refractivity contribution in [2.45, 2.75) is 24.8 Å². The molecule has 0 bridgehead atoms. The van der Waals surface area contributed by atoms with Crippen LogP contribution in [0.25, 0.3) is 0 Å². The molecule has 2 amide bonds. The van der Waals surface area contributed by atoms with Crippen LogP contribution in [0.1, 0.15) is 35.8 Å². The molecule has 8 nitrogen and oxygen atoms in total. The molecule has 2 aromatic rings. The Kier molecular flexibility index (Phi) is 7.46. The summed E-state index contributed by atoms with van der Waals surface area (Å²) in [6.45, 7) is 3.30. The number of para-hydroxylation sites is 1. The smallest absolute Gasteiger partial charge is 0.421 e. The SMILES string of the molecule is CCOC(=O)NS(=O)(=O)c1cc(C(=O)N[C@@H](C)c2ccccc2OC)ccc1Cl. The van der Waals surface area contributed by atoms with Gasteiger partial charge in [-0.1, -0.05) is 29.8 Å². The topological polar surface area (TPSA) is 111 Å². The molecule has 29 heavy (non-hydrogen) atoms. The van der Waals surface area contributed by atoms with E-state index in [1.165, 1.54) is 26.2 Å². The van der Waals surface area contributed by atoms with Crippen LogP contribution in [0.2, 0.25) is 5.02 Å². The minimum Gasteiger partial charge on any atom is -0.496 e. The molecule has 0 radical (unpaired) electrons. The van der Waals surface area contributed by atoms with Crippen LogP contribution in [0.4, 0.5) is 4.79 Å². The molecular weight excluding hydrogens is 420 g/mol. The van der Waals surface area contributed by atoms with Crippen molar-refractivity contribution in [1.82, 2.24) is 10.0 Å². The lowest BCUT2D eigenvalue weighted by Gasteiger charge is -2.17. The van der Waals surface area contributed by atoms with Crippen LogP contribution in [-0.4, -0.2) is 34.1 Å². The van der Waals surface area contributed by atoms with Gasteiger partial charge in [0.25, 0.3) is 15.9 Å². The maximum absolute atomic E-state index is 12.6. The van der Waals surface area contributed by atoms with Gasteiger partial charge in [0.05, 0.1) is 24.8 Å². The minimum absolute atomic E-state index is 0.00162. The highest BCUT2D eigenvalue weighted by Gasteiger charge is 2.24. The van der Waals surface area contributed by atoms with Crippen molar-refractivity contribution in [3.63, 3.8) is 0 Å². The highest BCUT2D eigenvalue weighted by atomic mass is 35.5. The van der Waals surface area contributed by atoms with Gasteiger partial charge >= 0.3 is 6.09 Å². The number of hydrogen-bond acceptors (Lipinski definition) is 6. The van der Waals surface area contributed by atoms with Gasteiger partial charge in [-0.3, -0.25) is 4.79 Å². The quantitative estimate of drug-likeness (QED) is 0.683. The maximum atomic E-state index is 12.6. The highest BCUT2D eigenvalue weighted by Crippen LogP contribution is 2.26. The predicted molar refractivity (Wildman–Crippen MR) is 108 cm³/mol. The zero-order valence-corrected chi connectivity index (χ0v) is 17.6. The number of nitrogens with one attached hydrogen (secondary N) is 2. The van der Waals surface area contributed by atoms with E-state index in [0.717, 1.165) is 11.6 Å². The van der Waals surface area contributed by atoms with E-state index in [1.54, 1.807) is 17.7 Å². The number of carbonyl (C=O) groups is 2. The molecule has 156 valence electrons. The summed E-state index contributed by atoms with van der Waals surface area (Å²) >= 11 is 5.97. The van der Waals surface area contributed by atoms with E-state index < -0.39 is 33.0 Å². The zero-order valence-electron chi connectivity index (χ0n) is 16.1. The maximum Gasteiger partial charge on any atom is 0.421 e. The summed E-state index contributed by atoms with van der Waals surface area (Å²) in [7, 11) is -2.79. The molecule has 0 fully saturated rings. The number of ether oxygens (including phenoxy) is 2. The van der Waals surface area contributed by atoms with E-state index in [-0.39, 0.29) is 17.2 Å². The Labute approximate surface area is 174 Å². The summed E-state index contributed by atoms with van der Waals surface area (Å²) in [6.07, 6.45) is -1.14. The van der Waals surface area contributed by atoms with Crippen LogP contribution >= 0.6 is 11.6 Å². The lowest BCUT2D eigenvalue weighted by Crippen LogP contribution is -2.32. The number of methoxy groups -OCH3 is 1. The van der Waals surface area contributed by atoms with Gasteiger partial charge in [0.1, 0.15) is 10.6 Å². The number of amides is 2. The van der Waals surface area contributed by atoms with Crippen LogP contribution in [-0.2, 0) is 14.8 Å². The van der Waals surface area contributed by atoms with Gasteiger partial charge in [0.2, 0.25) is 0 Å². The number of hydrogen-bond donors (Lipinski definition) is 2. The van der Waals surface area contributed by atoms with Crippen molar-refractivity contribution >= 4 is 33.6 Å². The molecule has 2 N–H and O–H groups in total. The molecule has 2 aromatic carbocycles. The summed E-state index contributed by atoms with van der Waals surface area (Å²) in [5, 5.41) is 2.64. The summed E-state index contributed by atoms with van der Waals surface area (Å²) in [5.41, 5.74) is 0.814. The van der Waals surface area contributed by atoms with Crippen LogP contribution in [0.3, 0.4) is 0 Å². The normalized spacial score (nSPS) is 12.0. The first-order valence-electron chi connectivity index (χ1n) is 8.62. The van der Waals surface area contributed by atoms with Gasteiger partial charge < -0.3 is 14.8 Å². The molecule has 10 heteroatoms. The average Bonchev–Trinajstić information content (AvgIpc) is 2.67. The van der Waals surface area contributed by atoms with E-state index in [1.807, 2.05) is 18.2 Å². The van der Waals surface area contributed by atoms with Crippen LogP contribution < -0.4 is 14.8 Å². The van der Waals surface area contributed by atoms with E-state index >= 15 is 0 Å². The van der Waals surface area contributed by atoms with Crippen molar-refractivity contribution < 1.29 is 27.5 Å². The van der Waals surface area contributed by atoms with Crippen LogP contribution in [0.5, 0.6) is 5.75 Å². The van der Waals surface area contributed by atoms with Crippen LogP contribution in [0, 0.1) is 0 Å². The Morgan fingerprint density at radius 3 is 2.52 bits per heavy atom. The first kappa shape index (κ1) is 22.5. The molecule has 0 heterocycles. The van der Waals surface area contributed by atoms with Gasteiger partial charge in [-0.2, -0.15) is 0 Å². The molecule has 0 aliphatic rings. The average molecular weight is 441 g/mol. The predicted octanol–water partition coefficient (Wildman–Crippen LogP) is 3.27. The van der Waals surface area contributed by atoms with Gasteiger partial charge in [0.15, 0.2) is 0 Å². The highest BCUT2D eigenvalue weighted by molar-refractivity contribution is 7.90. The largest absolute Gasteiger partial charge is 0.496 e. The van der Waals surface area contributed by atoms with E-state index in [0.29, 0.717) is 5.75 Å².